The summed E-state index contributed by atoms with van der Waals surface area (Å²) in [7, 11) is 0. The van der Waals surface area contributed by atoms with E-state index < -0.39 is 17.8 Å². The van der Waals surface area contributed by atoms with E-state index in [4.69, 9.17) is 5.73 Å². The van der Waals surface area contributed by atoms with Crippen LogP contribution in [0.5, 0.6) is 0 Å². The van der Waals surface area contributed by atoms with E-state index in [1.54, 1.807) is 0 Å². The van der Waals surface area contributed by atoms with Gasteiger partial charge in [-0.15, -0.1) is 0 Å². The molecule has 1 aromatic rings. The highest BCUT2D eigenvalue weighted by atomic mass is 19.4. The number of aliphatic hydroxyl groups is 1. The van der Waals surface area contributed by atoms with Crippen molar-refractivity contribution in [2.24, 2.45) is 5.73 Å². The highest BCUT2D eigenvalue weighted by molar-refractivity contribution is 5.28. The molecule has 1 unspecified atom stereocenters. The maximum atomic E-state index is 12.4. The molecule has 0 aliphatic heterocycles. The molecule has 14 heavy (non-hydrogen) atoms. The van der Waals surface area contributed by atoms with E-state index in [-0.39, 0.29) is 12.1 Å². The minimum absolute atomic E-state index is 0.269. The van der Waals surface area contributed by atoms with Gasteiger partial charge in [0.2, 0.25) is 0 Å². The van der Waals surface area contributed by atoms with Crippen LogP contribution in [0.4, 0.5) is 13.2 Å². The topological polar surface area (TPSA) is 59.1 Å². The highest BCUT2D eigenvalue weighted by Gasteiger charge is 2.34. The molecule has 3 N–H and O–H groups in total. The summed E-state index contributed by atoms with van der Waals surface area (Å²) in [6.07, 6.45) is -3.83. The first kappa shape index (κ1) is 10.9. The van der Waals surface area contributed by atoms with Crippen molar-refractivity contribution < 1.29 is 18.3 Å². The Morgan fingerprint density at radius 2 is 2.14 bits per heavy atom. The Morgan fingerprint density at radius 3 is 2.64 bits per heavy atom. The first-order valence-corrected chi connectivity index (χ1v) is 3.86. The van der Waals surface area contributed by atoms with Gasteiger partial charge in [0.05, 0.1) is 11.7 Å². The van der Waals surface area contributed by atoms with E-state index in [2.05, 4.69) is 4.98 Å². The average molecular weight is 206 g/mol. The summed E-state index contributed by atoms with van der Waals surface area (Å²) in [5, 5.41) is 9.21. The molecule has 0 aliphatic rings. The average Bonchev–Trinajstić information content (AvgIpc) is 2.15. The van der Waals surface area contributed by atoms with Crippen molar-refractivity contribution in [3.05, 3.63) is 29.6 Å². The summed E-state index contributed by atoms with van der Waals surface area (Å²) in [6.45, 7) is -0.269. The number of aliphatic hydroxyl groups excluding tert-OH is 1. The van der Waals surface area contributed by atoms with Crippen LogP contribution in [-0.4, -0.2) is 16.6 Å². The van der Waals surface area contributed by atoms with Crippen LogP contribution >= 0.6 is 0 Å². The lowest BCUT2D eigenvalue weighted by Crippen LogP contribution is -2.17. The molecule has 3 nitrogen and oxygen atoms in total. The molecule has 1 heterocycles. The Labute approximate surface area is 78.4 Å². The molecule has 0 bridgehead atoms. The van der Waals surface area contributed by atoms with E-state index in [1.807, 2.05) is 0 Å². The van der Waals surface area contributed by atoms with Gasteiger partial charge in [-0.3, -0.25) is 4.98 Å². The van der Waals surface area contributed by atoms with Crippen molar-refractivity contribution in [3.63, 3.8) is 0 Å². The summed E-state index contributed by atoms with van der Waals surface area (Å²) in [5.74, 6) is 0. The number of aromatic nitrogens is 1. The van der Waals surface area contributed by atoms with Crippen LogP contribution in [0.2, 0.25) is 0 Å². The van der Waals surface area contributed by atoms with Crippen molar-refractivity contribution in [1.82, 2.24) is 4.98 Å². The predicted octanol–water partition coefficient (Wildman–Crippen LogP) is 1.09. The Hall–Kier alpha value is -1.14. The van der Waals surface area contributed by atoms with Gasteiger partial charge in [0.15, 0.2) is 0 Å². The van der Waals surface area contributed by atoms with Crippen molar-refractivity contribution >= 4 is 0 Å². The molecule has 1 aromatic heterocycles. The molecule has 0 spiro atoms. The van der Waals surface area contributed by atoms with Gasteiger partial charge in [-0.1, -0.05) is 0 Å². The summed E-state index contributed by atoms with van der Waals surface area (Å²) in [6, 6.07) is 0.814. The van der Waals surface area contributed by atoms with Crippen molar-refractivity contribution in [3.8, 4) is 0 Å². The standard InChI is InChI=1S/C8H9F3N2O/c9-8(10,11)6-1-2-13-4-5(6)7(14)3-12/h1-2,4,7,14H,3,12H2. The van der Waals surface area contributed by atoms with Gasteiger partial charge in [-0.2, -0.15) is 13.2 Å². The molecule has 0 aromatic carbocycles. The van der Waals surface area contributed by atoms with Crippen LogP contribution in [0.15, 0.2) is 18.5 Å². The van der Waals surface area contributed by atoms with Gasteiger partial charge in [-0.05, 0) is 6.07 Å². The summed E-state index contributed by atoms with van der Waals surface area (Å²) in [4.78, 5) is 3.51. The lowest BCUT2D eigenvalue weighted by Gasteiger charge is -2.15. The van der Waals surface area contributed by atoms with E-state index in [0.717, 1.165) is 18.5 Å². The zero-order chi connectivity index (χ0) is 10.8. The predicted molar refractivity (Wildman–Crippen MR) is 43.3 cm³/mol. The number of nitrogens with two attached hydrogens (primary N) is 1. The van der Waals surface area contributed by atoms with Gasteiger partial charge in [-0.25, -0.2) is 0 Å². The Morgan fingerprint density at radius 1 is 1.50 bits per heavy atom. The summed E-state index contributed by atoms with van der Waals surface area (Å²) in [5.41, 5.74) is 3.88. The molecular weight excluding hydrogens is 197 g/mol. The second-order valence-electron chi connectivity index (χ2n) is 2.71. The molecule has 78 valence electrons. The maximum Gasteiger partial charge on any atom is 0.416 e. The second kappa shape index (κ2) is 3.93. The number of nitrogens with zero attached hydrogens (tertiary/aromatic N) is 1. The Bertz CT molecular complexity index is 314. The fraction of sp³-hybridized carbons (Fsp3) is 0.375. The summed E-state index contributed by atoms with van der Waals surface area (Å²) >= 11 is 0. The monoisotopic (exact) mass is 206 g/mol. The Balaban J connectivity index is 3.16. The van der Waals surface area contributed by atoms with Crippen LogP contribution in [-0.2, 0) is 6.18 Å². The summed E-state index contributed by atoms with van der Waals surface area (Å²) < 4.78 is 37.1. The van der Waals surface area contributed by atoms with E-state index in [1.165, 1.54) is 0 Å². The normalized spacial score (nSPS) is 14.1. The molecule has 0 saturated heterocycles. The number of pyridine rings is 1. The van der Waals surface area contributed by atoms with Crippen molar-refractivity contribution in [2.75, 3.05) is 6.54 Å². The van der Waals surface area contributed by atoms with Gasteiger partial charge < -0.3 is 10.8 Å². The number of alkyl halides is 3. The van der Waals surface area contributed by atoms with E-state index >= 15 is 0 Å². The zero-order valence-corrected chi connectivity index (χ0v) is 7.12. The third-order valence-electron chi connectivity index (χ3n) is 1.74. The SMILES string of the molecule is NCC(O)c1cnccc1C(F)(F)F. The Kier molecular flexibility index (Phi) is 3.07. The van der Waals surface area contributed by atoms with Gasteiger partial charge in [0.25, 0.3) is 0 Å². The van der Waals surface area contributed by atoms with Crippen LogP contribution in [0.3, 0.4) is 0 Å². The fourth-order valence-electron chi connectivity index (χ4n) is 1.06. The quantitative estimate of drug-likeness (QED) is 0.761. The van der Waals surface area contributed by atoms with Crippen molar-refractivity contribution in [1.29, 1.82) is 0 Å². The number of halogens is 3. The minimum Gasteiger partial charge on any atom is -0.387 e. The third kappa shape index (κ3) is 2.21. The van der Waals surface area contributed by atoms with Gasteiger partial charge in [0, 0.05) is 24.5 Å². The molecule has 0 radical (unpaired) electrons. The van der Waals surface area contributed by atoms with Crippen molar-refractivity contribution in [2.45, 2.75) is 12.3 Å². The lowest BCUT2D eigenvalue weighted by molar-refractivity contribution is -0.139. The third-order valence-corrected chi connectivity index (χ3v) is 1.74. The zero-order valence-electron chi connectivity index (χ0n) is 7.12. The fourth-order valence-corrected chi connectivity index (χ4v) is 1.06. The van der Waals surface area contributed by atoms with Crippen LogP contribution in [0, 0.1) is 0 Å². The van der Waals surface area contributed by atoms with E-state index in [0.29, 0.717) is 0 Å². The number of hydrogen-bond acceptors (Lipinski definition) is 3. The number of hydrogen-bond donors (Lipinski definition) is 2. The second-order valence-corrected chi connectivity index (χ2v) is 2.71. The molecule has 1 rings (SSSR count). The highest BCUT2D eigenvalue weighted by Crippen LogP contribution is 2.33. The largest absolute Gasteiger partial charge is 0.416 e. The lowest BCUT2D eigenvalue weighted by atomic mass is 10.1. The molecule has 6 heteroatoms. The van der Waals surface area contributed by atoms with Crippen LogP contribution in [0.25, 0.3) is 0 Å². The molecule has 0 saturated carbocycles. The first-order chi connectivity index (χ1) is 6.46. The molecule has 0 amide bonds. The maximum absolute atomic E-state index is 12.4. The number of rotatable bonds is 2. The smallest absolute Gasteiger partial charge is 0.387 e. The van der Waals surface area contributed by atoms with Crippen LogP contribution < -0.4 is 5.73 Å². The van der Waals surface area contributed by atoms with Crippen LogP contribution in [0.1, 0.15) is 17.2 Å². The molecule has 1 atom stereocenters. The van der Waals surface area contributed by atoms with Gasteiger partial charge >= 0.3 is 6.18 Å². The first-order valence-electron chi connectivity index (χ1n) is 3.86. The molecular formula is C8H9F3N2O. The van der Waals surface area contributed by atoms with E-state index in [9.17, 15) is 18.3 Å². The van der Waals surface area contributed by atoms with Gasteiger partial charge in [0.1, 0.15) is 0 Å². The minimum atomic E-state index is -4.49. The molecule has 0 fully saturated rings. The molecule has 0 aliphatic carbocycles.